The number of ether oxygens (including phenoxy) is 2. The maximum absolute atomic E-state index is 13.0. The van der Waals surface area contributed by atoms with E-state index in [1.54, 1.807) is 14.2 Å². The summed E-state index contributed by atoms with van der Waals surface area (Å²) >= 11 is 0. The SMILES string of the molecule is COc1cc(C)c(CN2CCN(C(=O)CN3CCCc4ccccc43)CC2)cc1OC. The number of rotatable bonds is 6. The molecular formula is C25H33N3O3. The highest BCUT2D eigenvalue weighted by molar-refractivity contribution is 5.82. The fourth-order valence-corrected chi connectivity index (χ4v) is 4.63. The molecule has 1 amide bonds. The zero-order valence-corrected chi connectivity index (χ0v) is 18.9. The molecule has 2 aromatic carbocycles. The van der Waals surface area contributed by atoms with Crippen LogP contribution in [0.3, 0.4) is 0 Å². The van der Waals surface area contributed by atoms with Crippen molar-refractivity contribution < 1.29 is 14.3 Å². The Hall–Kier alpha value is -2.73. The zero-order valence-electron chi connectivity index (χ0n) is 18.9. The lowest BCUT2D eigenvalue weighted by Gasteiger charge is -2.37. The molecule has 4 rings (SSSR count). The molecule has 1 fully saturated rings. The van der Waals surface area contributed by atoms with Gasteiger partial charge in [-0.2, -0.15) is 0 Å². The van der Waals surface area contributed by atoms with Crippen LogP contribution in [0.15, 0.2) is 36.4 Å². The topological polar surface area (TPSA) is 45.2 Å². The summed E-state index contributed by atoms with van der Waals surface area (Å²) in [6, 6.07) is 12.6. The molecule has 2 aromatic rings. The molecule has 0 unspecified atom stereocenters. The summed E-state index contributed by atoms with van der Waals surface area (Å²) in [7, 11) is 3.33. The lowest BCUT2D eigenvalue weighted by molar-refractivity contribution is -0.131. The van der Waals surface area contributed by atoms with Gasteiger partial charge in [-0.1, -0.05) is 18.2 Å². The van der Waals surface area contributed by atoms with E-state index in [1.165, 1.54) is 22.4 Å². The summed E-state index contributed by atoms with van der Waals surface area (Å²) in [5, 5.41) is 0. The number of fused-ring (bicyclic) bond motifs is 1. The van der Waals surface area contributed by atoms with Crippen LogP contribution in [-0.2, 0) is 17.8 Å². The fourth-order valence-electron chi connectivity index (χ4n) is 4.63. The second kappa shape index (κ2) is 9.60. The third-order valence-electron chi connectivity index (χ3n) is 6.49. The summed E-state index contributed by atoms with van der Waals surface area (Å²) in [6.45, 7) is 7.72. The molecule has 0 bridgehead atoms. The van der Waals surface area contributed by atoms with Gasteiger partial charge in [-0.05, 0) is 54.7 Å². The van der Waals surface area contributed by atoms with Crippen molar-refractivity contribution >= 4 is 11.6 Å². The quantitative estimate of drug-likeness (QED) is 0.715. The molecule has 0 spiro atoms. The van der Waals surface area contributed by atoms with Crippen molar-refractivity contribution in [1.82, 2.24) is 9.80 Å². The van der Waals surface area contributed by atoms with Crippen molar-refractivity contribution in [2.24, 2.45) is 0 Å². The van der Waals surface area contributed by atoms with E-state index < -0.39 is 0 Å². The monoisotopic (exact) mass is 423 g/mol. The number of para-hydroxylation sites is 1. The van der Waals surface area contributed by atoms with Crippen LogP contribution < -0.4 is 14.4 Å². The molecule has 0 atom stereocenters. The Morgan fingerprint density at radius 2 is 1.68 bits per heavy atom. The summed E-state index contributed by atoms with van der Waals surface area (Å²) in [5.74, 6) is 1.76. The predicted octanol–water partition coefficient (Wildman–Crippen LogP) is 3.11. The number of carbonyl (C=O) groups excluding carboxylic acids is 1. The average Bonchev–Trinajstić information content (AvgIpc) is 2.80. The maximum Gasteiger partial charge on any atom is 0.242 e. The van der Waals surface area contributed by atoms with E-state index in [0.29, 0.717) is 6.54 Å². The number of nitrogens with zero attached hydrogens (tertiary/aromatic N) is 3. The summed E-state index contributed by atoms with van der Waals surface area (Å²) in [5.41, 5.74) is 5.02. The number of hydrogen-bond acceptors (Lipinski definition) is 5. The third kappa shape index (κ3) is 4.79. The molecule has 2 heterocycles. The van der Waals surface area contributed by atoms with Crippen molar-refractivity contribution in [2.45, 2.75) is 26.3 Å². The summed E-state index contributed by atoms with van der Waals surface area (Å²) in [6.07, 6.45) is 2.22. The standard InChI is InChI=1S/C25H33N3O3/c1-19-15-23(30-2)24(31-3)16-21(19)17-26-11-13-27(14-12-26)25(29)18-28-10-6-8-20-7-4-5-9-22(20)28/h4-5,7,9,15-16H,6,8,10-14,17-18H2,1-3H3. The van der Waals surface area contributed by atoms with Gasteiger partial charge in [-0.25, -0.2) is 0 Å². The molecule has 0 N–H and O–H groups in total. The Balaban J connectivity index is 1.33. The first-order chi connectivity index (χ1) is 15.1. The minimum atomic E-state index is 0.235. The summed E-state index contributed by atoms with van der Waals surface area (Å²) in [4.78, 5) is 19.7. The number of piperazine rings is 1. The van der Waals surface area contributed by atoms with Crippen LogP contribution in [0, 0.1) is 6.92 Å². The third-order valence-corrected chi connectivity index (χ3v) is 6.49. The van der Waals surface area contributed by atoms with E-state index in [-0.39, 0.29) is 5.91 Å². The van der Waals surface area contributed by atoms with Crippen LogP contribution in [0.2, 0.25) is 0 Å². The lowest BCUT2D eigenvalue weighted by atomic mass is 10.0. The molecular weight excluding hydrogens is 390 g/mol. The van der Waals surface area contributed by atoms with Crippen molar-refractivity contribution in [3.63, 3.8) is 0 Å². The molecule has 31 heavy (non-hydrogen) atoms. The number of carbonyl (C=O) groups is 1. The Bertz CT molecular complexity index is 922. The van der Waals surface area contributed by atoms with Gasteiger partial charge in [0.05, 0.1) is 20.8 Å². The average molecular weight is 424 g/mol. The highest BCUT2D eigenvalue weighted by Gasteiger charge is 2.25. The van der Waals surface area contributed by atoms with Gasteiger partial charge >= 0.3 is 0 Å². The number of hydrogen-bond donors (Lipinski definition) is 0. The van der Waals surface area contributed by atoms with Gasteiger partial charge in [0.2, 0.25) is 5.91 Å². The molecule has 2 aliphatic heterocycles. The van der Waals surface area contributed by atoms with Gasteiger partial charge in [0.1, 0.15) is 0 Å². The second-order valence-electron chi connectivity index (χ2n) is 8.44. The van der Waals surface area contributed by atoms with Gasteiger partial charge < -0.3 is 19.3 Å². The van der Waals surface area contributed by atoms with E-state index in [4.69, 9.17) is 9.47 Å². The van der Waals surface area contributed by atoms with Gasteiger partial charge in [-0.15, -0.1) is 0 Å². The van der Waals surface area contributed by atoms with E-state index in [0.717, 1.165) is 63.6 Å². The van der Waals surface area contributed by atoms with Crippen LogP contribution >= 0.6 is 0 Å². The van der Waals surface area contributed by atoms with E-state index in [1.807, 2.05) is 11.0 Å². The number of amides is 1. The van der Waals surface area contributed by atoms with Crippen LogP contribution in [0.5, 0.6) is 11.5 Å². The number of methoxy groups -OCH3 is 2. The maximum atomic E-state index is 13.0. The molecule has 6 heteroatoms. The highest BCUT2D eigenvalue weighted by atomic mass is 16.5. The van der Waals surface area contributed by atoms with Crippen LogP contribution in [0.1, 0.15) is 23.1 Å². The first-order valence-corrected chi connectivity index (χ1v) is 11.1. The van der Waals surface area contributed by atoms with Crippen LogP contribution in [0.25, 0.3) is 0 Å². The van der Waals surface area contributed by atoms with Crippen molar-refractivity contribution in [2.75, 3.05) is 58.4 Å². The first-order valence-electron chi connectivity index (χ1n) is 11.1. The lowest BCUT2D eigenvalue weighted by Crippen LogP contribution is -2.51. The minimum Gasteiger partial charge on any atom is -0.493 e. The van der Waals surface area contributed by atoms with Crippen LogP contribution in [0.4, 0.5) is 5.69 Å². The van der Waals surface area contributed by atoms with E-state index >= 15 is 0 Å². The normalized spacial score (nSPS) is 16.7. The largest absolute Gasteiger partial charge is 0.493 e. The summed E-state index contributed by atoms with van der Waals surface area (Å²) < 4.78 is 10.9. The molecule has 1 saturated heterocycles. The molecule has 6 nitrogen and oxygen atoms in total. The fraction of sp³-hybridized carbons (Fsp3) is 0.480. The molecule has 0 aliphatic carbocycles. The Kier molecular flexibility index (Phi) is 6.66. The van der Waals surface area contributed by atoms with Crippen molar-refractivity contribution in [3.05, 3.63) is 53.1 Å². The van der Waals surface area contributed by atoms with E-state index in [9.17, 15) is 4.79 Å². The van der Waals surface area contributed by atoms with Crippen LogP contribution in [-0.4, -0.2) is 69.2 Å². The number of benzene rings is 2. The molecule has 0 radical (unpaired) electrons. The van der Waals surface area contributed by atoms with Crippen molar-refractivity contribution in [1.29, 1.82) is 0 Å². The van der Waals surface area contributed by atoms with Crippen molar-refractivity contribution in [3.8, 4) is 11.5 Å². The highest BCUT2D eigenvalue weighted by Crippen LogP contribution is 2.31. The molecule has 0 saturated carbocycles. The van der Waals surface area contributed by atoms with Gasteiger partial charge in [-0.3, -0.25) is 9.69 Å². The van der Waals surface area contributed by atoms with Gasteiger partial charge in [0.25, 0.3) is 0 Å². The molecule has 0 aromatic heterocycles. The number of anilines is 1. The number of aryl methyl sites for hydroxylation is 2. The molecule has 2 aliphatic rings. The Morgan fingerprint density at radius 1 is 0.968 bits per heavy atom. The first kappa shape index (κ1) is 21.5. The Labute approximate surface area is 185 Å². The molecule has 166 valence electrons. The van der Waals surface area contributed by atoms with Gasteiger partial charge in [0.15, 0.2) is 11.5 Å². The van der Waals surface area contributed by atoms with E-state index in [2.05, 4.69) is 47.1 Å². The zero-order chi connectivity index (χ0) is 21.8. The minimum absolute atomic E-state index is 0.235. The smallest absolute Gasteiger partial charge is 0.242 e. The predicted molar refractivity (Wildman–Crippen MR) is 123 cm³/mol. The second-order valence-corrected chi connectivity index (χ2v) is 8.44. The Morgan fingerprint density at radius 3 is 2.42 bits per heavy atom. The van der Waals surface area contributed by atoms with Gasteiger partial charge in [0, 0.05) is 45.0 Å².